The van der Waals surface area contributed by atoms with Crippen molar-refractivity contribution in [1.82, 2.24) is 0 Å². The second-order valence-electron chi connectivity index (χ2n) is 12.7. The minimum atomic E-state index is -0.951. The zero-order valence-corrected chi connectivity index (χ0v) is 23.2. The number of carbonyl (C=O) groups is 3. The maximum atomic E-state index is 13.5. The van der Waals surface area contributed by atoms with E-state index < -0.39 is 23.7 Å². The van der Waals surface area contributed by atoms with Crippen molar-refractivity contribution in [2.75, 3.05) is 0 Å². The van der Waals surface area contributed by atoms with Crippen LogP contribution in [0, 0.1) is 53.3 Å². The van der Waals surface area contributed by atoms with Crippen molar-refractivity contribution < 1.29 is 23.9 Å². The molecule has 3 aliphatic rings. The lowest BCUT2D eigenvalue weighted by atomic mass is 9.71. The average Bonchev–Trinajstić information content (AvgIpc) is 2.72. The normalized spacial score (nSPS) is 38.3. The van der Waals surface area contributed by atoms with Gasteiger partial charge in [0, 0.05) is 0 Å². The van der Waals surface area contributed by atoms with E-state index in [2.05, 4.69) is 41.5 Å². The average molecular weight is 489 g/mol. The Kier molecular flexibility index (Phi) is 9.26. The molecule has 0 aromatic rings. The fourth-order valence-corrected chi connectivity index (χ4v) is 6.95. The number of ether oxygens (including phenoxy) is 2. The molecule has 0 aromatic carbocycles. The van der Waals surface area contributed by atoms with E-state index in [1.807, 2.05) is 13.8 Å². The van der Waals surface area contributed by atoms with Crippen molar-refractivity contribution in [2.45, 2.75) is 106 Å². The monoisotopic (exact) mass is 488 g/mol. The molecule has 3 aliphatic carbocycles. The molecular formula is C30H48O5. The zero-order chi connectivity index (χ0) is 26.0. The summed E-state index contributed by atoms with van der Waals surface area (Å²) in [6.07, 6.45) is 7.32. The highest BCUT2D eigenvalue weighted by Gasteiger charge is 2.47. The number of hydrogen-bond acceptors (Lipinski definition) is 5. The molecule has 5 nitrogen and oxygen atoms in total. The van der Waals surface area contributed by atoms with Gasteiger partial charge in [-0.05, 0) is 80.1 Å². The van der Waals surface area contributed by atoms with Gasteiger partial charge in [-0.3, -0.25) is 14.4 Å². The summed E-state index contributed by atoms with van der Waals surface area (Å²) in [5.41, 5.74) is 0.688. The Hall–Kier alpha value is -1.65. The van der Waals surface area contributed by atoms with E-state index in [0.717, 1.165) is 38.5 Å². The first-order valence-corrected chi connectivity index (χ1v) is 14.0. The standard InChI is InChI=1S/C30H48O5/c1-16(2)22-11-9-18(5)13-25(22)34-29(32)27-20(7)15-24(31)28(21(27)8)30(33)35-26-14-19(6)10-12-23(26)17(3)4/h15-19,21-23,25-28H,9-14H2,1-8H3/t18-,19+,21-,22+,23+,25+,26+,27-,28-/m0/s1. The molecule has 3 rings (SSSR count). The second-order valence-corrected chi connectivity index (χ2v) is 12.7. The molecule has 0 amide bonds. The highest BCUT2D eigenvalue weighted by atomic mass is 16.5. The lowest BCUT2D eigenvalue weighted by Crippen LogP contribution is -2.46. The lowest BCUT2D eigenvalue weighted by Gasteiger charge is -2.40. The summed E-state index contributed by atoms with van der Waals surface area (Å²) < 4.78 is 12.2. The molecule has 0 saturated heterocycles. The fourth-order valence-electron chi connectivity index (χ4n) is 6.95. The number of esters is 2. The molecule has 0 heterocycles. The highest BCUT2D eigenvalue weighted by Crippen LogP contribution is 2.40. The van der Waals surface area contributed by atoms with E-state index in [0.29, 0.717) is 41.1 Å². The number of rotatable bonds is 6. The van der Waals surface area contributed by atoms with Gasteiger partial charge in [-0.25, -0.2) is 0 Å². The molecule has 0 radical (unpaired) electrons. The quantitative estimate of drug-likeness (QED) is 0.320. The molecule has 2 saturated carbocycles. The molecule has 35 heavy (non-hydrogen) atoms. The summed E-state index contributed by atoms with van der Waals surface area (Å²) >= 11 is 0. The summed E-state index contributed by atoms with van der Waals surface area (Å²) in [5.74, 6) is -0.511. The van der Waals surface area contributed by atoms with Crippen molar-refractivity contribution in [3.63, 3.8) is 0 Å². The molecule has 0 bridgehead atoms. The van der Waals surface area contributed by atoms with Crippen LogP contribution in [0.25, 0.3) is 0 Å². The predicted molar refractivity (Wildman–Crippen MR) is 137 cm³/mol. The van der Waals surface area contributed by atoms with Gasteiger partial charge >= 0.3 is 11.9 Å². The molecule has 5 heteroatoms. The van der Waals surface area contributed by atoms with Crippen LogP contribution in [0.1, 0.15) is 93.9 Å². The van der Waals surface area contributed by atoms with Gasteiger partial charge in [0.05, 0.1) is 5.92 Å². The van der Waals surface area contributed by atoms with Crippen LogP contribution in [0.2, 0.25) is 0 Å². The van der Waals surface area contributed by atoms with Gasteiger partial charge in [-0.15, -0.1) is 0 Å². The van der Waals surface area contributed by atoms with E-state index >= 15 is 0 Å². The van der Waals surface area contributed by atoms with Gasteiger partial charge in [0.25, 0.3) is 0 Å². The van der Waals surface area contributed by atoms with E-state index in [9.17, 15) is 14.4 Å². The minimum absolute atomic E-state index is 0.107. The minimum Gasteiger partial charge on any atom is -0.462 e. The van der Waals surface area contributed by atoms with Crippen molar-refractivity contribution >= 4 is 17.7 Å². The topological polar surface area (TPSA) is 69.7 Å². The van der Waals surface area contributed by atoms with E-state index in [-0.39, 0.29) is 24.0 Å². The Morgan fingerprint density at radius 3 is 1.63 bits per heavy atom. The Morgan fingerprint density at radius 1 is 0.771 bits per heavy atom. The van der Waals surface area contributed by atoms with Crippen molar-refractivity contribution in [1.29, 1.82) is 0 Å². The molecule has 9 atom stereocenters. The maximum Gasteiger partial charge on any atom is 0.317 e. The van der Waals surface area contributed by atoms with Crippen molar-refractivity contribution in [2.24, 2.45) is 53.3 Å². The molecule has 2 fully saturated rings. The van der Waals surface area contributed by atoms with E-state index in [1.54, 1.807) is 0 Å². The molecule has 0 aliphatic heterocycles. The maximum absolute atomic E-state index is 13.5. The van der Waals surface area contributed by atoms with Crippen LogP contribution in [-0.2, 0) is 23.9 Å². The Bertz CT molecular complexity index is 812. The van der Waals surface area contributed by atoms with Crippen LogP contribution >= 0.6 is 0 Å². The number of allylic oxidation sites excluding steroid dienone is 1. The summed E-state index contributed by atoms with van der Waals surface area (Å²) in [4.78, 5) is 39.9. The van der Waals surface area contributed by atoms with E-state index in [1.165, 1.54) is 6.08 Å². The Morgan fingerprint density at radius 2 is 1.20 bits per heavy atom. The summed E-state index contributed by atoms with van der Waals surface area (Å²) in [6, 6.07) is 0. The smallest absolute Gasteiger partial charge is 0.317 e. The molecular weight excluding hydrogens is 440 g/mol. The lowest BCUT2D eigenvalue weighted by molar-refractivity contribution is -0.169. The van der Waals surface area contributed by atoms with Gasteiger partial charge < -0.3 is 9.47 Å². The number of carbonyl (C=O) groups excluding carboxylic acids is 3. The molecule has 0 aromatic heterocycles. The first kappa shape index (κ1) is 27.9. The molecule has 198 valence electrons. The summed E-state index contributed by atoms with van der Waals surface area (Å²) in [6.45, 7) is 16.8. The summed E-state index contributed by atoms with van der Waals surface area (Å²) in [5, 5.41) is 0. The molecule has 0 unspecified atom stereocenters. The third-order valence-electron chi connectivity index (χ3n) is 9.18. The van der Waals surface area contributed by atoms with Gasteiger partial charge in [0.1, 0.15) is 18.1 Å². The molecule has 0 spiro atoms. The van der Waals surface area contributed by atoms with Crippen LogP contribution in [0.15, 0.2) is 11.6 Å². The van der Waals surface area contributed by atoms with Crippen LogP contribution in [0.4, 0.5) is 0 Å². The number of ketones is 1. The van der Waals surface area contributed by atoms with Gasteiger partial charge in [-0.1, -0.05) is 66.9 Å². The Labute approximate surface area is 212 Å². The first-order valence-electron chi connectivity index (χ1n) is 14.0. The predicted octanol–water partition coefficient (Wildman–Crippen LogP) is 6.39. The molecule has 0 N–H and O–H groups in total. The first-order chi connectivity index (χ1) is 16.4. The van der Waals surface area contributed by atoms with Crippen molar-refractivity contribution in [3.8, 4) is 0 Å². The second kappa shape index (κ2) is 11.6. The zero-order valence-electron chi connectivity index (χ0n) is 23.2. The SMILES string of the molecule is CC1=CC(=O)[C@@H](C(=O)O[C@@H]2C[C@H](C)CC[C@@H]2C(C)C)[C@@H](C)[C@H]1C(=O)O[C@@H]1C[C@@H](C)CC[C@@H]1C(C)C. The van der Waals surface area contributed by atoms with Gasteiger partial charge in [-0.2, -0.15) is 0 Å². The van der Waals surface area contributed by atoms with E-state index in [4.69, 9.17) is 9.47 Å². The Balaban J connectivity index is 1.75. The van der Waals surface area contributed by atoms with Crippen molar-refractivity contribution in [3.05, 3.63) is 11.6 Å². The largest absolute Gasteiger partial charge is 0.462 e. The third kappa shape index (κ3) is 6.38. The van der Waals surface area contributed by atoms with Crippen LogP contribution in [0.5, 0.6) is 0 Å². The summed E-state index contributed by atoms with van der Waals surface area (Å²) in [7, 11) is 0. The third-order valence-corrected chi connectivity index (χ3v) is 9.18. The van der Waals surface area contributed by atoms with Crippen LogP contribution in [0.3, 0.4) is 0 Å². The fraction of sp³-hybridized carbons (Fsp3) is 0.833. The number of hydrogen-bond donors (Lipinski definition) is 0. The van der Waals surface area contributed by atoms with Gasteiger partial charge in [0.2, 0.25) is 0 Å². The van der Waals surface area contributed by atoms with Crippen LogP contribution in [-0.4, -0.2) is 29.9 Å². The van der Waals surface area contributed by atoms with Crippen LogP contribution < -0.4 is 0 Å². The van der Waals surface area contributed by atoms with Gasteiger partial charge in [0.15, 0.2) is 5.78 Å². The highest BCUT2D eigenvalue weighted by molar-refractivity contribution is 6.07.